The Kier molecular flexibility index (Phi) is 15.6. The lowest BCUT2D eigenvalue weighted by molar-refractivity contribution is -0.134. The van der Waals surface area contributed by atoms with Crippen LogP contribution in [0, 0.1) is 0 Å². The zero-order valence-corrected chi connectivity index (χ0v) is 27.3. The molecule has 1 saturated heterocycles. The van der Waals surface area contributed by atoms with E-state index in [1.807, 2.05) is 6.07 Å². The van der Waals surface area contributed by atoms with E-state index in [0.717, 1.165) is 5.56 Å². The van der Waals surface area contributed by atoms with Crippen LogP contribution in [0.4, 0.5) is 9.59 Å². The van der Waals surface area contributed by atoms with Gasteiger partial charge in [-0.3, -0.25) is 19.2 Å². The van der Waals surface area contributed by atoms with Gasteiger partial charge in [0.2, 0.25) is 23.6 Å². The zero-order valence-electron chi connectivity index (χ0n) is 27.3. The minimum absolute atomic E-state index is 0.0508. The SMILES string of the molecule is NC(=O)NCCNC(=O)[C@@H]1CCCNC(=O)NCCCC[C@@H](NC(=O)[C@@H](N)Cc2ccc(O)cc2)C(=O)N[C@@H](Cc2ccccc2)C(=O)N1. The molecule has 1 fully saturated rings. The summed E-state index contributed by atoms with van der Waals surface area (Å²) in [6, 6.07) is 9.89. The summed E-state index contributed by atoms with van der Waals surface area (Å²) in [4.78, 5) is 77.1. The summed E-state index contributed by atoms with van der Waals surface area (Å²) < 4.78 is 0. The maximum atomic E-state index is 13.8. The van der Waals surface area contributed by atoms with Crippen molar-refractivity contribution in [1.29, 1.82) is 0 Å². The van der Waals surface area contributed by atoms with E-state index in [2.05, 4.69) is 37.2 Å². The summed E-state index contributed by atoms with van der Waals surface area (Å²) in [6.45, 7) is 0.671. The van der Waals surface area contributed by atoms with Gasteiger partial charge < -0.3 is 53.8 Å². The van der Waals surface area contributed by atoms with Crippen LogP contribution >= 0.6 is 0 Å². The molecule has 0 bridgehead atoms. The fourth-order valence-corrected chi connectivity index (χ4v) is 5.14. The second-order valence-electron chi connectivity index (χ2n) is 11.8. The molecule has 0 spiro atoms. The zero-order chi connectivity index (χ0) is 35.6. The highest BCUT2D eigenvalue weighted by atomic mass is 16.3. The summed E-state index contributed by atoms with van der Waals surface area (Å²) in [5.41, 5.74) is 12.7. The van der Waals surface area contributed by atoms with Gasteiger partial charge in [-0.05, 0) is 61.8 Å². The van der Waals surface area contributed by atoms with Gasteiger partial charge in [0.05, 0.1) is 6.04 Å². The standard InChI is InChI=1S/C33H47N9O7/c34-24(19-22-11-13-23(43)14-12-22)28(44)40-26-9-4-5-15-38-33(49)39-16-6-10-25(29(45)36-17-18-37-32(35)48)41-31(47)27(42-30(26)46)20-21-7-2-1-3-8-21/h1-3,7-8,11-14,24-27,43H,4-6,9-10,15-20,34H2,(H,36,45)(H,40,44)(H,41,47)(H,42,46)(H3,35,37,48)(H2,38,39,49)/t24-,25-,26+,27-/m0/s1. The van der Waals surface area contributed by atoms with Crippen LogP contribution in [0.25, 0.3) is 0 Å². The number of carbonyl (C=O) groups is 6. The molecule has 266 valence electrons. The Bertz CT molecular complexity index is 1410. The molecule has 1 aliphatic heterocycles. The fourth-order valence-electron chi connectivity index (χ4n) is 5.14. The van der Waals surface area contributed by atoms with Gasteiger partial charge in [-0.2, -0.15) is 0 Å². The predicted octanol–water partition coefficient (Wildman–Crippen LogP) is -0.993. The Balaban J connectivity index is 1.82. The van der Waals surface area contributed by atoms with Gasteiger partial charge in [0.25, 0.3) is 0 Å². The highest BCUT2D eigenvalue weighted by molar-refractivity contribution is 5.95. The molecule has 0 unspecified atom stereocenters. The molecule has 0 aliphatic carbocycles. The number of phenols is 1. The second-order valence-corrected chi connectivity index (χ2v) is 11.8. The number of hydrogen-bond donors (Lipinski definition) is 10. The first-order valence-electron chi connectivity index (χ1n) is 16.3. The van der Waals surface area contributed by atoms with Gasteiger partial charge in [-0.1, -0.05) is 42.5 Å². The monoisotopic (exact) mass is 681 g/mol. The summed E-state index contributed by atoms with van der Waals surface area (Å²) in [7, 11) is 0. The van der Waals surface area contributed by atoms with Gasteiger partial charge in [0.1, 0.15) is 23.9 Å². The fraction of sp³-hybridized carbons (Fsp3) is 0.455. The number of nitrogens with one attached hydrogen (secondary N) is 7. The lowest BCUT2D eigenvalue weighted by atomic mass is 10.0. The molecular formula is C33H47N9O7. The Morgan fingerprint density at radius 2 is 1.49 bits per heavy atom. The van der Waals surface area contributed by atoms with Crippen molar-refractivity contribution in [2.24, 2.45) is 11.5 Å². The molecule has 0 aromatic heterocycles. The topological polar surface area (TPSA) is 259 Å². The maximum Gasteiger partial charge on any atom is 0.314 e. The number of nitrogens with two attached hydrogens (primary N) is 2. The molecule has 16 heteroatoms. The third kappa shape index (κ3) is 14.1. The first kappa shape index (κ1) is 38.1. The molecule has 1 aliphatic rings. The van der Waals surface area contributed by atoms with Crippen LogP contribution in [0.5, 0.6) is 5.75 Å². The average molecular weight is 682 g/mol. The van der Waals surface area contributed by atoms with Crippen molar-refractivity contribution in [3.05, 3.63) is 65.7 Å². The van der Waals surface area contributed by atoms with E-state index in [1.54, 1.807) is 36.4 Å². The second kappa shape index (κ2) is 20.1. The van der Waals surface area contributed by atoms with Crippen LogP contribution in [-0.4, -0.2) is 91.1 Å². The minimum Gasteiger partial charge on any atom is -0.508 e. The first-order valence-corrected chi connectivity index (χ1v) is 16.3. The van der Waals surface area contributed by atoms with Crippen LogP contribution < -0.4 is 48.7 Å². The van der Waals surface area contributed by atoms with E-state index in [9.17, 15) is 33.9 Å². The molecule has 1 heterocycles. The molecule has 4 atom stereocenters. The Labute approximate surface area is 284 Å². The Morgan fingerprint density at radius 3 is 2.18 bits per heavy atom. The summed E-state index contributed by atoms with van der Waals surface area (Å²) in [5.74, 6) is -2.28. The van der Waals surface area contributed by atoms with Gasteiger partial charge in [0, 0.05) is 32.6 Å². The third-order valence-corrected chi connectivity index (χ3v) is 7.79. The highest BCUT2D eigenvalue weighted by Gasteiger charge is 2.30. The van der Waals surface area contributed by atoms with Crippen molar-refractivity contribution in [2.45, 2.75) is 69.1 Å². The van der Waals surface area contributed by atoms with Crippen LogP contribution in [0.1, 0.15) is 43.2 Å². The van der Waals surface area contributed by atoms with E-state index >= 15 is 0 Å². The number of phenolic OH excluding ortho intramolecular Hbond substituents is 1. The molecule has 3 rings (SSSR count). The lowest BCUT2D eigenvalue weighted by Crippen LogP contribution is -2.58. The van der Waals surface area contributed by atoms with E-state index < -0.39 is 59.9 Å². The van der Waals surface area contributed by atoms with Crippen LogP contribution in [0.2, 0.25) is 0 Å². The van der Waals surface area contributed by atoms with Crippen molar-refractivity contribution < 1.29 is 33.9 Å². The molecule has 12 N–H and O–H groups in total. The molecule has 16 nitrogen and oxygen atoms in total. The lowest BCUT2D eigenvalue weighted by Gasteiger charge is -2.26. The Hall–Kier alpha value is -5.38. The summed E-state index contributed by atoms with van der Waals surface area (Å²) in [5, 5.41) is 28.3. The number of aromatic hydroxyl groups is 1. The first-order chi connectivity index (χ1) is 23.5. The smallest absolute Gasteiger partial charge is 0.314 e. The molecule has 2 aromatic carbocycles. The molecule has 49 heavy (non-hydrogen) atoms. The van der Waals surface area contributed by atoms with E-state index in [1.165, 1.54) is 12.1 Å². The van der Waals surface area contributed by atoms with Gasteiger partial charge in [-0.15, -0.1) is 0 Å². The van der Waals surface area contributed by atoms with Crippen molar-refractivity contribution >= 4 is 35.7 Å². The van der Waals surface area contributed by atoms with Crippen LogP contribution in [-0.2, 0) is 32.0 Å². The van der Waals surface area contributed by atoms with Crippen molar-refractivity contribution in [2.75, 3.05) is 26.2 Å². The van der Waals surface area contributed by atoms with E-state index in [0.29, 0.717) is 31.4 Å². The normalized spacial score (nSPS) is 20.2. The van der Waals surface area contributed by atoms with Gasteiger partial charge in [0.15, 0.2) is 0 Å². The third-order valence-electron chi connectivity index (χ3n) is 7.79. The summed E-state index contributed by atoms with van der Waals surface area (Å²) in [6.07, 6.45) is 1.90. The number of rotatable bonds is 10. The summed E-state index contributed by atoms with van der Waals surface area (Å²) >= 11 is 0. The Morgan fingerprint density at radius 1 is 0.816 bits per heavy atom. The maximum absolute atomic E-state index is 13.8. The predicted molar refractivity (Wildman–Crippen MR) is 181 cm³/mol. The molecule has 8 amide bonds. The molecule has 2 aromatic rings. The average Bonchev–Trinajstić information content (AvgIpc) is 3.07. The highest BCUT2D eigenvalue weighted by Crippen LogP contribution is 2.12. The molecule has 0 saturated carbocycles. The molecule has 0 radical (unpaired) electrons. The van der Waals surface area contributed by atoms with Crippen molar-refractivity contribution in [3.8, 4) is 5.75 Å². The molecular weight excluding hydrogens is 634 g/mol. The number of amides is 8. The van der Waals surface area contributed by atoms with Crippen molar-refractivity contribution in [3.63, 3.8) is 0 Å². The van der Waals surface area contributed by atoms with Gasteiger partial charge >= 0.3 is 12.1 Å². The number of benzene rings is 2. The number of urea groups is 2. The quantitative estimate of drug-likeness (QED) is 0.139. The number of primary amides is 1. The van der Waals surface area contributed by atoms with Crippen LogP contribution in [0.3, 0.4) is 0 Å². The van der Waals surface area contributed by atoms with E-state index in [4.69, 9.17) is 11.5 Å². The van der Waals surface area contributed by atoms with Gasteiger partial charge in [-0.25, -0.2) is 9.59 Å². The number of hydrogen-bond acceptors (Lipinski definition) is 8. The largest absolute Gasteiger partial charge is 0.508 e. The van der Waals surface area contributed by atoms with Crippen molar-refractivity contribution in [1.82, 2.24) is 37.2 Å². The number of carbonyl (C=O) groups excluding carboxylic acids is 6. The van der Waals surface area contributed by atoms with E-state index in [-0.39, 0.29) is 51.1 Å². The minimum atomic E-state index is -1.12. The van der Waals surface area contributed by atoms with Crippen LogP contribution in [0.15, 0.2) is 54.6 Å².